The molecule has 202 valence electrons. The van der Waals surface area contributed by atoms with Crippen LogP contribution in [-0.4, -0.2) is 81.3 Å². The Morgan fingerprint density at radius 3 is 2.72 bits per heavy atom. The Hall–Kier alpha value is -4.43. The normalized spacial score (nSPS) is 13.4. The molecule has 0 atom stereocenters. The Balaban J connectivity index is 1.33. The summed E-state index contributed by atoms with van der Waals surface area (Å²) in [7, 11) is 3.59. The number of rotatable bonds is 9. The SMILES string of the molecule is COCCN(C)c1ccc(NC(=O)C2CN(c3cc(C)c4c(=O)c(C(=O)O)cn(-c5ncns5)c4n3)C2)nc1. The highest BCUT2D eigenvalue weighted by Gasteiger charge is 2.34. The van der Waals surface area contributed by atoms with E-state index < -0.39 is 11.4 Å². The lowest BCUT2D eigenvalue weighted by atomic mass is 9.98. The molecule has 0 aliphatic carbocycles. The van der Waals surface area contributed by atoms with Crippen molar-refractivity contribution in [1.82, 2.24) is 23.9 Å². The van der Waals surface area contributed by atoms with Gasteiger partial charge in [0, 0.05) is 51.5 Å². The van der Waals surface area contributed by atoms with Crippen LogP contribution in [0.25, 0.3) is 16.2 Å². The van der Waals surface area contributed by atoms with Crippen molar-refractivity contribution in [3.63, 3.8) is 0 Å². The van der Waals surface area contributed by atoms with Gasteiger partial charge in [-0.3, -0.25) is 14.2 Å². The zero-order valence-electron chi connectivity index (χ0n) is 21.5. The summed E-state index contributed by atoms with van der Waals surface area (Å²) in [6, 6.07) is 5.38. The van der Waals surface area contributed by atoms with Crippen LogP contribution in [0, 0.1) is 12.8 Å². The van der Waals surface area contributed by atoms with E-state index in [1.54, 1.807) is 32.4 Å². The molecule has 39 heavy (non-hydrogen) atoms. The Labute approximate surface area is 226 Å². The Morgan fingerprint density at radius 2 is 2.08 bits per heavy atom. The molecule has 5 rings (SSSR count). The minimum Gasteiger partial charge on any atom is -0.477 e. The monoisotopic (exact) mass is 550 g/mol. The molecule has 0 aromatic carbocycles. The maximum absolute atomic E-state index is 12.9. The zero-order valence-corrected chi connectivity index (χ0v) is 22.3. The van der Waals surface area contributed by atoms with Crippen molar-refractivity contribution in [3.05, 3.63) is 58.3 Å². The van der Waals surface area contributed by atoms with E-state index >= 15 is 0 Å². The van der Waals surface area contributed by atoms with Crippen LogP contribution in [0.3, 0.4) is 0 Å². The number of carbonyl (C=O) groups is 2. The number of aromatic carboxylic acids is 1. The topological polar surface area (TPSA) is 156 Å². The number of amides is 1. The van der Waals surface area contributed by atoms with E-state index in [0.717, 1.165) is 23.8 Å². The Bertz CT molecular complexity index is 1580. The predicted octanol–water partition coefficient (Wildman–Crippen LogP) is 1.80. The summed E-state index contributed by atoms with van der Waals surface area (Å²) in [5, 5.41) is 13.0. The number of pyridine rings is 3. The number of aryl methyl sites for hydroxylation is 1. The number of likely N-dealkylation sites (N-methyl/N-ethyl adjacent to an activating group) is 1. The third-order valence-electron chi connectivity index (χ3n) is 6.58. The quantitative estimate of drug-likeness (QED) is 0.313. The first kappa shape index (κ1) is 26.2. The molecule has 0 unspecified atom stereocenters. The first-order chi connectivity index (χ1) is 18.8. The summed E-state index contributed by atoms with van der Waals surface area (Å²) in [5.41, 5.74) is 0.789. The molecule has 0 bridgehead atoms. The van der Waals surface area contributed by atoms with E-state index in [-0.39, 0.29) is 28.4 Å². The molecule has 1 fully saturated rings. The number of carboxylic acid groups (broad SMARTS) is 1. The smallest absolute Gasteiger partial charge is 0.341 e. The molecule has 13 nitrogen and oxygen atoms in total. The van der Waals surface area contributed by atoms with Gasteiger partial charge in [0.15, 0.2) is 5.65 Å². The first-order valence-corrected chi connectivity index (χ1v) is 12.8. The van der Waals surface area contributed by atoms with Crippen molar-refractivity contribution < 1.29 is 19.4 Å². The number of hydrogen-bond donors (Lipinski definition) is 2. The standard InChI is InChI=1S/C25H26N8O5S/c1-14-8-19(30-22-20(14)21(34)17(24(36)37)12-33(22)25-27-13-28-39-25)32-10-15(11-32)23(35)29-18-5-4-16(9-26-18)31(2)6-7-38-3/h4-5,8-9,12-13,15H,6-7,10-11H2,1-3H3,(H,36,37)(H,26,29,35). The highest BCUT2D eigenvalue weighted by molar-refractivity contribution is 7.08. The summed E-state index contributed by atoms with van der Waals surface area (Å²) in [6.45, 7) is 3.91. The van der Waals surface area contributed by atoms with Gasteiger partial charge in [-0.2, -0.15) is 4.37 Å². The van der Waals surface area contributed by atoms with Gasteiger partial charge in [-0.25, -0.2) is 19.7 Å². The number of nitrogens with zero attached hydrogens (tertiary/aromatic N) is 7. The molecule has 1 amide bonds. The van der Waals surface area contributed by atoms with Crippen LogP contribution in [0.4, 0.5) is 17.3 Å². The number of nitrogens with one attached hydrogen (secondary N) is 1. The van der Waals surface area contributed by atoms with Crippen molar-refractivity contribution in [2.45, 2.75) is 6.92 Å². The summed E-state index contributed by atoms with van der Waals surface area (Å²) in [5.74, 6) is -0.701. The lowest BCUT2D eigenvalue weighted by Crippen LogP contribution is -2.52. The lowest BCUT2D eigenvalue weighted by Gasteiger charge is -2.39. The second kappa shape index (κ2) is 10.7. The van der Waals surface area contributed by atoms with Crippen LogP contribution >= 0.6 is 11.5 Å². The maximum Gasteiger partial charge on any atom is 0.341 e. The number of ether oxygens (including phenoxy) is 1. The van der Waals surface area contributed by atoms with E-state index in [1.807, 2.05) is 22.9 Å². The van der Waals surface area contributed by atoms with Gasteiger partial charge >= 0.3 is 5.97 Å². The van der Waals surface area contributed by atoms with Crippen LogP contribution in [0.1, 0.15) is 15.9 Å². The predicted molar refractivity (Wildman–Crippen MR) is 146 cm³/mol. The molecule has 4 aromatic heterocycles. The van der Waals surface area contributed by atoms with E-state index in [1.165, 1.54) is 17.1 Å². The molecular formula is C25H26N8O5S. The molecule has 0 saturated carbocycles. The van der Waals surface area contributed by atoms with Crippen LogP contribution in [-0.2, 0) is 9.53 Å². The van der Waals surface area contributed by atoms with E-state index in [4.69, 9.17) is 4.74 Å². The Kier molecular flexibility index (Phi) is 7.21. The van der Waals surface area contributed by atoms with Gasteiger partial charge in [-0.05, 0) is 30.7 Å². The molecule has 0 spiro atoms. The van der Waals surface area contributed by atoms with Gasteiger partial charge in [-0.1, -0.05) is 0 Å². The molecule has 14 heteroatoms. The van der Waals surface area contributed by atoms with E-state index in [2.05, 4.69) is 24.6 Å². The average molecular weight is 551 g/mol. The molecule has 4 aromatic rings. The molecule has 1 aliphatic heterocycles. The van der Waals surface area contributed by atoms with Crippen molar-refractivity contribution >= 4 is 51.8 Å². The number of carbonyl (C=O) groups excluding carboxylic acids is 1. The van der Waals surface area contributed by atoms with E-state index in [0.29, 0.717) is 42.0 Å². The summed E-state index contributed by atoms with van der Waals surface area (Å²) in [6.07, 6.45) is 4.28. The van der Waals surface area contributed by atoms with E-state index in [9.17, 15) is 19.5 Å². The maximum atomic E-state index is 12.9. The zero-order chi connectivity index (χ0) is 27.7. The number of aromatic nitrogens is 5. The molecule has 1 aliphatic rings. The highest BCUT2D eigenvalue weighted by atomic mass is 32.1. The number of fused-ring (bicyclic) bond motifs is 1. The average Bonchev–Trinajstić information content (AvgIpc) is 3.41. The molecule has 1 saturated heterocycles. The van der Waals surface area contributed by atoms with Gasteiger partial charge < -0.3 is 25.0 Å². The lowest BCUT2D eigenvalue weighted by molar-refractivity contribution is -0.120. The van der Waals surface area contributed by atoms with Crippen LogP contribution in [0.2, 0.25) is 0 Å². The molecule has 5 heterocycles. The second-order valence-electron chi connectivity index (χ2n) is 9.17. The fourth-order valence-corrected chi connectivity index (χ4v) is 4.82. The number of hydrogen-bond acceptors (Lipinski definition) is 11. The number of carboxylic acids is 1. The molecular weight excluding hydrogens is 524 g/mol. The minimum atomic E-state index is -1.33. The summed E-state index contributed by atoms with van der Waals surface area (Å²) in [4.78, 5) is 54.6. The van der Waals surface area contributed by atoms with Crippen LogP contribution in [0.15, 0.2) is 41.7 Å². The first-order valence-electron chi connectivity index (χ1n) is 12.1. The number of anilines is 3. The van der Waals surface area contributed by atoms with Crippen LogP contribution in [0.5, 0.6) is 0 Å². The fraction of sp³-hybridized carbons (Fsp3) is 0.320. The third-order valence-corrected chi connectivity index (χ3v) is 7.24. The largest absolute Gasteiger partial charge is 0.477 e. The highest BCUT2D eigenvalue weighted by Crippen LogP contribution is 2.29. The summed E-state index contributed by atoms with van der Waals surface area (Å²) < 4.78 is 10.6. The van der Waals surface area contributed by atoms with Crippen LogP contribution < -0.4 is 20.5 Å². The summed E-state index contributed by atoms with van der Waals surface area (Å²) >= 11 is 1.05. The van der Waals surface area contributed by atoms with Crippen molar-refractivity contribution in [2.75, 3.05) is 55.5 Å². The molecule has 0 radical (unpaired) electrons. The second-order valence-corrected chi connectivity index (χ2v) is 9.93. The van der Waals surface area contributed by atoms with Crippen molar-refractivity contribution in [1.29, 1.82) is 0 Å². The fourth-order valence-electron chi connectivity index (χ4n) is 4.31. The third kappa shape index (κ3) is 5.15. The van der Waals surface area contributed by atoms with Gasteiger partial charge in [0.1, 0.15) is 23.5 Å². The Morgan fingerprint density at radius 1 is 1.28 bits per heavy atom. The van der Waals surface area contributed by atoms with Gasteiger partial charge in [0.25, 0.3) is 0 Å². The van der Waals surface area contributed by atoms with Gasteiger partial charge in [0.2, 0.25) is 16.5 Å². The van der Waals surface area contributed by atoms with Gasteiger partial charge in [-0.15, -0.1) is 0 Å². The molecule has 2 N–H and O–H groups in total. The van der Waals surface area contributed by atoms with Crippen molar-refractivity contribution in [3.8, 4) is 5.13 Å². The minimum absolute atomic E-state index is 0.145. The van der Waals surface area contributed by atoms with Crippen molar-refractivity contribution in [2.24, 2.45) is 5.92 Å². The number of methoxy groups -OCH3 is 1. The van der Waals surface area contributed by atoms with Gasteiger partial charge in [0.05, 0.1) is 29.8 Å².